The van der Waals surface area contributed by atoms with Gasteiger partial charge in [-0.3, -0.25) is 4.57 Å². The normalized spacial score (nSPS) is 25.3. The molecule has 0 bridgehead atoms. The van der Waals surface area contributed by atoms with Gasteiger partial charge in [-0.25, -0.2) is 15.0 Å². The van der Waals surface area contributed by atoms with Gasteiger partial charge in [-0.1, -0.05) is 29.5 Å². The molecule has 142 valence electrons. The van der Waals surface area contributed by atoms with Crippen LogP contribution in [0.15, 0.2) is 40.6 Å². The summed E-state index contributed by atoms with van der Waals surface area (Å²) in [5, 5.41) is 30.5. The second-order valence-electron chi connectivity index (χ2n) is 6.34. The minimum Gasteiger partial charge on any atom is -0.394 e. The molecule has 1 saturated heterocycles. The first-order chi connectivity index (χ1) is 13.0. The molecule has 0 saturated carbocycles. The summed E-state index contributed by atoms with van der Waals surface area (Å²) in [6.45, 7) is 1.58. The number of nitrogen functional groups attached to an aromatic ring is 1. The van der Waals surface area contributed by atoms with Gasteiger partial charge in [-0.2, -0.15) is 0 Å². The summed E-state index contributed by atoms with van der Waals surface area (Å²) in [5.74, 6) is 0.205. The fraction of sp³-hybridized carbons (Fsp3) is 0.353. The van der Waals surface area contributed by atoms with Gasteiger partial charge in [0, 0.05) is 4.90 Å². The Morgan fingerprint density at radius 2 is 1.93 bits per heavy atom. The highest BCUT2D eigenvalue weighted by molar-refractivity contribution is 7.99. The van der Waals surface area contributed by atoms with Crippen LogP contribution in [-0.2, 0) is 4.74 Å². The van der Waals surface area contributed by atoms with E-state index >= 15 is 0 Å². The molecule has 9 nitrogen and oxygen atoms in total. The Hall–Kier alpha value is -2.24. The molecule has 0 radical (unpaired) electrons. The number of aromatic nitrogens is 4. The number of nitrogens with two attached hydrogens (primary N) is 1. The summed E-state index contributed by atoms with van der Waals surface area (Å²) in [6, 6.07) is 7.87. The Balaban J connectivity index is 1.82. The number of aliphatic hydroxyl groups excluding tert-OH is 3. The predicted octanol–water partition coefficient (Wildman–Crippen LogP) is 0.480. The lowest BCUT2D eigenvalue weighted by molar-refractivity contribution is -0.0548. The van der Waals surface area contributed by atoms with E-state index in [0.717, 1.165) is 10.5 Å². The monoisotopic (exact) mass is 389 g/mol. The molecule has 1 fully saturated rings. The molecule has 1 aromatic carbocycles. The molecule has 3 aromatic rings. The molecule has 2 aromatic heterocycles. The molecule has 1 aliphatic heterocycles. The fourth-order valence-electron chi connectivity index (χ4n) is 3.01. The van der Waals surface area contributed by atoms with Crippen LogP contribution >= 0.6 is 11.8 Å². The fourth-order valence-corrected chi connectivity index (χ4v) is 3.92. The zero-order chi connectivity index (χ0) is 19.1. The van der Waals surface area contributed by atoms with E-state index in [0.29, 0.717) is 16.3 Å². The number of fused-ring (bicyclic) bond motifs is 1. The van der Waals surface area contributed by atoms with E-state index in [2.05, 4.69) is 15.0 Å². The van der Waals surface area contributed by atoms with Gasteiger partial charge in [-0.15, -0.1) is 0 Å². The van der Waals surface area contributed by atoms with Crippen LogP contribution in [0.2, 0.25) is 0 Å². The van der Waals surface area contributed by atoms with E-state index < -0.39 is 31.1 Å². The molecule has 1 aliphatic rings. The van der Waals surface area contributed by atoms with Crippen molar-refractivity contribution in [3.05, 3.63) is 36.2 Å². The van der Waals surface area contributed by atoms with Crippen LogP contribution < -0.4 is 5.73 Å². The van der Waals surface area contributed by atoms with E-state index in [-0.39, 0.29) is 5.82 Å². The minimum absolute atomic E-state index is 0.205. The van der Waals surface area contributed by atoms with E-state index in [1.54, 1.807) is 4.57 Å². The number of aryl methyl sites for hydroxylation is 1. The highest BCUT2D eigenvalue weighted by atomic mass is 32.2. The Labute approximate surface area is 158 Å². The first-order valence-corrected chi connectivity index (χ1v) is 9.16. The molecular formula is C17H19N5O4S. The van der Waals surface area contributed by atoms with Crippen LogP contribution in [0.4, 0.5) is 5.82 Å². The highest BCUT2D eigenvalue weighted by Gasteiger charge is 2.45. The minimum atomic E-state index is -1.26. The quantitative estimate of drug-likeness (QED) is 0.501. The Bertz CT molecular complexity index is 964. The third-order valence-corrected chi connectivity index (χ3v) is 5.45. The van der Waals surface area contributed by atoms with Crippen molar-refractivity contribution in [2.24, 2.45) is 0 Å². The van der Waals surface area contributed by atoms with E-state index in [1.807, 2.05) is 31.2 Å². The van der Waals surface area contributed by atoms with Crippen molar-refractivity contribution < 1.29 is 20.1 Å². The number of rotatable bonds is 4. The molecule has 4 rings (SSSR count). The molecule has 3 heterocycles. The lowest BCUT2D eigenvalue weighted by atomic mass is 10.1. The average molecular weight is 389 g/mol. The van der Waals surface area contributed by atoms with Crippen LogP contribution in [0, 0.1) is 6.92 Å². The number of benzene rings is 1. The summed E-state index contributed by atoms with van der Waals surface area (Å²) in [6.07, 6.45) is -3.05. The van der Waals surface area contributed by atoms with Crippen molar-refractivity contribution in [3.8, 4) is 0 Å². The van der Waals surface area contributed by atoms with Gasteiger partial charge in [0.05, 0.1) is 6.61 Å². The van der Waals surface area contributed by atoms with Crippen molar-refractivity contribution in [2.45, 2.75) is 41.5 Å². The second-order valence-corrected chi connectivity index (χ2v) is 7.38. The number of nitrogens with zero attached hydrogens (tertiary/aromatic N) is 4. The zero-order valence-electron chi connectivity index (χ0n) is 14.4. The molecule has 0 aliphatic carbocycles. The van der Waals surface area contributed by atoms with Gasteiger partial charge in [0.25, 0.3) is 0 Å². The van der Waals surface area contributed by atoms with Crippen molar-refractivity contribution in [1.29, 1.82) is 0 Å². The van der Waals surface area contributed by atoms with E-state index in [9.17, 15) is 15.3 Å². The summed E-state index contributed by atoms with van der Waals surface area (Å²) < 4.78 is 7.27. The molecule has 0 spiro atoms. The maximum Gasteiger partial charge on any atom is 0.177 e. The van der Waals surface area contributed by atoms with Crippen LogP contribution in [0.25, 0.3) is 11.2 Å². The van der Waals surface area contributed by atoms with Crippen molar-refractivity contribution in [3.63, 3.8) is 0 Å². The number of hydrogen-bond donors (Lipinski definition) is 4. The van der Waals surface area contributed by atoms with Gasteiger partial charge < -0.3 is 25.8 Å². The van der Waals surface area contributed by atoms with Crippen LogP contribution in [0.5, 0.6) is 0 Å². The topological polar surface area (TPSA) is 140 Å². The summed E-state index contributed by atoms with van der Waals surface area (Å²) in [4.78, 5) is 13.6. The second kappa shape index (κ2) is 7.06. The van der Waals surface area contributed by atoms with Gasteiger partial charge in [0.2, 0.25) is 0 Å². The molecule has 5 N–H and O–H groups in total. The van der Waals surface area contributed by atoms with Gasteiger partial charge in [0.1, 0.15) is 24.6 Å². The van der Waals surface area contributed by atoms with E-state index in [4.69, 9.17) is 10.5 Å². The predicted molar refractivity (Wildman–Crippen MR) is 98.0 cm³/mol. The smallest absolute Gasteiger partial charge is 0.177 e. The third-order valence-electron chi connectivity index (χ3n) is 4.47. The first-order valence-electron chi connectivity index (χ1n) is 8.35. The number of imidazole rings is 1. The van der Waals surface area contributed by atoms with Gasteiger partial charge >= 0.3 is 0 Å². The standard InChI is InChI=1S/C17H19N5O4S/c1-8-2-4-9(5-3-8)27-17-21-11-14(18)19-7-20-15(11)22(17)16-13(25)12(24)10(6-23)26-16/h2-5,7,10,12-13,16,23-25H,6H2,1H3,(H2,18,19,20)/t10-,12-,13-,16-/m1/s1. The highest BCUT2D eigenvalue weighted by Crippen LogP contribution is 2.38. The molecule has 0 unspecified atom stereocenters. The van der Waals surface area contributed by atoms with Crippen molar-refractivity contribution >= 4 is 28.7 Å². The van der Waals surface area contributed by atoms with Crippen LogP contribution in [0.3, 0.4) is 0 Å². The van der Waals surface area contributed by atoms with Gasteiger partial charge in [0.15, 0.2) is 28.4 Å². The number of anilines is 1. The molecule has 0 amide bonds. The van der Waals surface area contributed by atoms with Crippen LogP contribution in [0.1, 0.15) is 11.8 Å². The lowest BCUT2D eigenvalue weighted by Crippen LogP contribution is -2.33. The van der Waals surface area contributed by atoms with Crippen molar-refractivity contribution in [1.82, 2.24) is 19.5 Å². The SMILES string of the molecule is Cc1ccc(Sc2nc3c(N)ncnc3n2[C@@H]2O[C@H](CO)[C@@H](O)[C@H]2O)cc1. The Kier molecular flexibility index (Phi) is 4.74. The van der Waals surface area contributed by atoms with E-state index in [1.165, 1.54) is 18.1 Å². The molecule has 4 atom stereocenters. The molecular weight excluding hydrogens is 370 g/mol. The number of hydrogen-bond acceptors (Lipinski definition) is 9. The van der Waals surface area contributed by atoms with Crippen LogP contribution in [-0.4, -0.2) is 59.8 Å². The zero-order valence-corrected chi connectivity index (χ0v) is 15.2. The Morgan fingerprint density at radius 3 is 2.59 bits per heavy atom. The number of ether oxygens (including phenoxy) is 1. The lowest BCUT2D eigenvalue weighted by Gasteiger charge is -2.19. The largest absolute Gasteiger partial charge is 0.394 e. The summed E-state index contributed by atoms with van der Waals surface area (Å²) >= 11 is 1.35. The number of aliphatic hydroxyl groups is 3. The average Bonchev–Trinajstić information content (AvgIpc) is 3.16. The third kappa shape index (κ3) is 3.15. The van der Waals surface area contributed by atoms with Gasteiger partial charge in [-0.05, 0) is 19.1 Å². The summed E-state index contributed by atoms with van der Waals surface area (Å²) in [5.41, 5.74) is 7.83. The van der Waals surface area contributed by atoms with Crippen molar-refractivity contribution in [2.75, 3.05) is 12.3 Å². The summed E-state index contributed by atoms with van der Waals surface area (Å²) in [7, 11) is 0. The maximum absolute atomic E-state index is 10.5. The molecule has 10 heteroatoms. The Morgan fingerprint density at radius 1 is 1.19 bits per heavy atom. The molecule has 27 heavy (non-hydrogen) atoms. The maximum atomic E-state index is 10.5. The first kappa shape index (κ1) is 18.1.